The van der Waals surface area contributed by atoms with Crippen LogP contribution in [-0.2, 0) is 30.7 Å². The van der Waals surface area contributed by atoms with Crippen molar-refractivity contribution in [2.75, 3.05) is 0 Å². The number of aryl methyl sites for hydroxylation is 2. The number of amides is 1. The van der Waals surface area contributed by atoms with Crippen LogP contribution in [0.5, 0.6) is 0 Å². The molecule has 126 valence electrons. The Morgan fingerprint density at radius 1 is 1.29 bits per heavy atom. The van der Waals surface area contributed by atoms with E-state index in [0.29, 0.717) is 17.2 Å². The molecular formula is C16H18N4O3S. The Morgan fingerprint density at radius 2 is 2.08 bits per heavy atom. The molecule has 0 spiro atoms. The van der Waals surface area contributed by atoms with Crippen molar-refractivity contribution < 1.29 is 14.7 Å². The first-order valence-corrected chi connectivity index (χ1v) is 8.96. The number of carboxylic acid groups (broad SMARTS) is 1. The third-order valence-electron chi connectivity index (χ3n) is 4.89. The average Bonchev–Trinajstić information content (AvgIpc) is 3.17. The number of aromatic nitrogens is 3. The lowest BCUT2D eigenvalue weighted by Crippen LogP contribution is -2.50. The van der Waals surface area contributed by atoms with Crippen LogP contribution in [0.15, 0.2) is 5.38 Å². The van der Waals surface area contributed by atoms with Crippen LogP contribution in [0.25, 0.3) is 0 Å². The fourth-order valence-electron chi connectivity index (χ4n) is 3.57. The smallest absolute Gasteiger partial charge is 0.328 e. The van der Waals surface area contributed by atoms with Crippen molar-refractivity contribution in [2.24, 2.45) is 0 Å². The van der Waals surface area contributed by atoms with E-state index in [9.17, 15) is 14.7 Å². The van der Waals surface area contributed by atoms with Crippen LogP contribution in [0.2, 0.25) is 0 Å². The van der Waals surface area contributed by atoms with Gasteiger partial charge in [-0.05, 0) is 38.2 Å². The predicted octanol–water partition coefficient (Wildman–Crippen LogP) is 1.64. The van der Waals surface area contributed by atoms with Gasteiger partial charge in [0.1, 0.15) is 11.9 Å². The van der Waals surface area contributed by atoms with E-state index in [0.717, 1.165) is 31.2 Å². The van der Waals surface area contributed by atoms with E-state index >= 15 is 0 Å². The number of thiophene rings is 1. The third kappa shape index (κ3) is 2.32. The summed E-state index contributed by atoms with van der Waals surface area (Å²) in [4.78, 5) is 27.5. The second kappa shape index (κ2) is 5.70. The lowest BCUT2D eigenvalue weighted by Gasteiger charge is -2.33. The molecular weight excluding hydrogens is 328 g/mol. The highest BCUT2D eigenvalue weighted by Crippen LogP contribution is 2.32. The van der Waals surface area contributed by atoms with Crippen LogP contribution in [0, 0.1) is 6.92 Å². The molecule has 3 heterocycles. The van der Waals surface area contributed by atoms with Gasteiger partial charge in [0.15, 0.2) is 5.82 Å². The van der Waals surface area contributed by atoms with Gasteiger partial charge in [-0.2, -0.15) is 0 Å². The SMILES string of the molecule is Cc1nnc2n1CC(C(=O)O)N(C(=O)c1csc3c1CCCC3)C2. The molecule has 1 amide bonds. The first-order valence-electron chi connectivity index (χ1n) is 8.08. The van der Waals surface area contributed by atoms with E-state index in [1.54, 1.807) is 22.8 Å². The van der Waals surface area contributed by atoms with Crippen LogP contribution in [0.1, 0.15) is 45.3 Å². The van der Waals surface area contributed by atoms with Crippen molar-refractivity contribution in [3.05, 3.63) is 33.0 Å². The largest absolute Gasteiger partial charge is 0.480 e. The minimum atomic E-state index is -0.994. The average molecular weight is 346 g/mol. The minimum absolute atomic E-state index is 0.182. The molecule has 0 saturated carbocycles. The highest BCUT2D eigenvalue weighted by Gasteiger charge is 2.38. The number of nitrogens with zero attached hydrogens (tertiary/aromatic N) is 4. The van der Waals surface area contributed by atoms with Gasteiger partial charge >= 0.3 is 5.97 Å². The van der Waals surface area contributed by atoms with Gasteiger partial charge in [0.2, 0.25) is 0 Å². The number of hydrogen-bond donors (Lipinski definition) is 1. The van der Waals surface area contributed by atoms with Gasteiger partial charge in [-0.1, -0.05) is 0 Å². The Balaban J connectivity index is 1.70. The molecule has 0 fully saturated rings. The molecule has 24 heavy (non-hydrogen) atoms. The van der Waals surface area contributed by atoms with Crippen molar-refractivity contribution in [1.29, 1.82) is 0 Å². The standard InChI is InChI=1S/C16H18N4O3S/c1-9-17-18-14-7-20(12(16(22)23)6-19(9)14)15(21)11-8-24-13-5-3-2-4-10(11)13/h8,12H,2-7H2,1H3,(H,22,23). The monoisotopic (exact) mass is 346 g/mol. The zero-order valence-corrected chi connectivity index (χ0v) is 14.2. The normalized spacial score (nSPS) is 19.7. The molecule has 0 radical (unpaired) electrons. The van der Waals surface area contributed by atoms with Gasteiger partial charge in [0.25, 0.3) is 5.91 Å². The number of carbonyl (C=O) groups excluding carboxylic acids is 1. The summed E-state index contributed by atoms with van der Waals surface area (Å²) < 4.78 is 1.78. The molecule has 0 aromatic carbocycles. The third-order valence-corrected chi connectivity index (χ3v) is 5.98. The Bertz CT molecular complexity index is 825. The molecule has 2 aliphatic rings. The number of fused-ring (bicyclic) bond motifs is 2. The van der Waals surface area contributed by atoms with Crippen LogP contribution in [0.4, 0.5) is 0 Å². The first kappa shape index (κ1) is 15.3. The number of hydrogen-bond acceptors (Lipinski definition) is 5. The molecule has 1 aliphatic heterocycles. The summed E-state index contributed by atoms with van der Waals surface area (Å²) in [6.45, 7) is 2.17. The molecule has 2 aromatic heterocycles. The molecule has 8 heteroatoms. The van der Waals surface area contributed by atoms with E-state index in [2.05, 4.69) is 10.2 Å². The highest BCUT2D eigenvalue weighted by molar-refractivity contribution is 7.10. The predicted molar refractivity (Wildman–Crippen MR) is 87.0 cm³/mol. The van der Waals surface area contributed by atoms with Crippen LogP contribution in [-0.4, -0.2) is 42.7 Å². The van der Waals surface area contributed by atoms with Crippen molar-refractivity contribution in [3.63, 3.8) is 0 Å². The number of carbonyl (C=O) groups is 2. The summed E-state index contributed by atoms with van der Waals surface area (Å²) in [6, 6.07) is -0.890. The van der Waals surface area contributed by atoms with Crippen LogP contribution >= 0.6 is 11.3 Å². The number of carboxylic acids is 1. The summed E-state index contributed by atoms with van der Waals surface area (Å²) in [7, 11) is 0. The zero-order chi connectivity index (χ0) is 16.8. The van der Waals surface area contributed by atoms with Crippen molar-refractivity contribution in [3.8, 4) is 0 Å². The Hall–Kier alpha value is -2.22. The zero-order valence-electron chi connectivity index (χ0n) is 13.4. The van der Waals surface area contributed by atoms with E-state index in [-0.39, 0.29) is 19.0 Å². The van der Waals surface area contributed by atoms with Gasteiger partial charge in [-0.3, -0.25) is 4.79 Å². The Morgan fingerprint density at radius 3 is 2.88 bits per heavy atom. The highest BCUT2D eigenvalue weighted by atomic mass is 32.1. The molecule has 0 bridgehead atoms. The van der Waals surface area contributed by atoms with Gasteiger partial charge in [-0.15, -0.1) is 21.5 Å². The maximum Gasteiger partial charge on any atom is 0.328 e. The van der Waals surface area contributed by atoms with E-state index in [1.165, 1.54) is 9.78 Å². The van der Waals surface area contributed by atoms with Crippen molar-refractivity contribution in [1.82, 2.24) is 19.7 Å². The molecule has 1 N–H and O–H groups in total. The van der Waals surface area contributed by atoms with Gasteiger partial charge < -0.3 is 14.6 Å². The van der Waals surface area contributed by atoms with Crippen molar-refractivity contribution in [2.45, 2.75) is 51.7 Å². The summed E-state index contributed by atoms with van der Waals surface area (Å²) in [6.07, 6.45) is 4.16. The summed E-state index contributed by atoms with van der Waals surface area (Å²) >= 11 is 1.62. The Kier molecular flexibility index (Phi) is 3.64. The molecule has 1 aliphatic carbocycles. The Labute approximate surface area is 142 Å². The molecule has 7 nitrogen and oxygen atoms in total. The molecule has 1 atom stereocenters. The molecule has 4 rings (SSSR count). The lowest BCUT2D eigenvalue weighted by atomic mass is 9.95. The van der Waals surface area contributed by atoms with Gasteiger partial charge in [0.05, 0.1) is 18.7 Å². The van der Waals surface area contributed by atoms with Gasteiger partial charge in [-0.25, -0.2) is 4.79 Å². The van der Waals surface area contributed by atoms with Gasteiger partial charge in [0, 0.05) is 10.3 Å². The summed E-state index contributed by atoms with van der Waals surface area (Å²) in [5, 5.41) is 19.6. The van der Waals surface area contributed by atoms with E-state index < -0.39 is 12.0 Å². The van der Waals surface area contributed by atoms with E-state index in [4.69, 9.17) is 0 Å². The maximum absolute atomic E-state index is 13.1. The molecule has 1 unspecified atom stereocenters. The molecule has 0 saturated heterocycles. The van der Waals surface area contributed by atoms with Crippen LogP contribution < -0.4 is 0 Å². The summed E-state index contributed by atoms with van der Waals surface area (Å²) in [5.74, 6) is 0.124. The maximum atomic E-state index is 13.1. The van der Waals surface area contributed by atoms with Crippen molar-refractivity contribution >= 4 is 23.2 Å². The lowest BCUT2D eigenvalue weighted by molar-refractivity contribution is -0.143. The van der Waals surface area contributed by atoms with Crippen LogP contribution in [0.3, 0.4) is 0 Å². The fraction of sp³-hybridized carbons (Fsp3) is 0.500. The number of rotatable bonds is 2. The minimum Gasteiger partial charge on any atom is -0.480 e. The quantitative estimate of drug-likeness (QED) is 0.893. The fourth-order valence-corrected chi connectivity index (χ4v) is 4.69. The topological polar surface area (TPSA) is 88.3 Å². The molecule has 2 aromatic rings. The first-order chi connectivity index (χ1) is 11.6. The second-order valence-corrected chi connectivity index (χ2v) is 7.28. The van der Waals surface area contributed by atoms with E-state index in [1.807, 2.05) is 5.38 Å². The number of aliphatic carboxylic acids is 1. The summed E-state index contributed by atoms with van der Waals surface area (Å²) in [5.41, 5.74) is 1.79. The second-order valence-electron chi connectivity index (χ2n) is 6.32.